The molecule has 3 rings (SSSR count). The summed E-state index contributed by atoms with van der Waals surface area (Å²) < 4.78 is 7.25. The molecule has 110 valence electrons. The van der Waals surface area contributed by atoms with Gasteiger partial charge >= 0.3 is 0 Å². The summed E-state index contributed by atoms with van der Waals surface area (Å²) in [6.07, 6.45) is 3.52. The second-order valence-electron chi connectivity index (χ2n) is 4.86. The van der Waals surface area contributed by atoms with Crippen molar-refractivity contribution in [3.05, 3.63) is 36.4 Å². The molecular weight excluding hydrogens is 381 g/mol. The van der Waals surface area contributed by atoms with Gasteiger partial charge in [-0.25, -0.2) is 0 Å². The van der Waals surface area contributed by atoms with Gasteiger partial charge in [0.25, 0.3) is 0 Å². The first-order valence-electron chi connectivity index (χ1n) is 6.81. The highest BCUT2D eigenvalue weighted by atomic mass is 127. The average molecular weight is 397 g/mol. The SMILES string of the molecule is I/C=N/N1CCN(Cc2cc(-c3ccncc3)no2)CC1. The van der Waals surface area contributed by atoms with E-state index in [2.05, 4.69) is 47.7 Å². The summed E-state index contributed by atoms with van der Waals surface area (Å²) >= 11 is 2.15. The first-order chi connectivity index (χ1) is 10.3. The average Bonchev–Trinajstić information content (AvgIpc) is 2.99. The van der Waals surface area contributed by atoms with Gasteiger partial charge in [-0.2, -0.15) is 5.10 Å². The van der Waals surface area contributed by atoms with Crippen molar-refractivity contribution in [1.29, 1.82) is 0 Å². The van der Waals surface area contributed by atoms with Crippen LogP contribution in [0.2, 0.25) is 0 Å². The standard InChI is InChI=1S/C14H16IN5O/c15-11-17-20-7-5-19(6-8-20)10-13-9-14(18-21-13)12-1-3-16-4-2-12/h1-4,9,11H,5-8,10H2/b17-11+. The fraction of sp³-hybridized carbons (Fsp3) is 0.357. The van der Waals surface area contributed by atoms with Crippen molar-refractivity contribution in [1.82, 2.24) is 20.0 Å². The Kier molecular flexibility index (Phi) is 4.81. The molecule has 21 heavy (non-hydrogen) atoms. The van der Waals surface area contributed by atoms with Gasteiger partial charge in [-0.1, -0.05) is 5.16 Å². The van der Waals surface area contributed by atoms with E-state index in [0.717, 1.165) is 49.7 Å². The molecule has 2 aromatic heterocycles. The van der Waals surface area contributed by atoms with E-state index in [1.807, 2.05) is 22.4 Å². The zero-order valence-electron chi connectivity index (χ0n) is 11.5. The van der Waals surface area contributed by atoms with E-state index in [9.17, 15) is 0 Å². The Balaban J connectivity index is 1.58. The van der Waals surface area contributed by atoms with Crippen molar-refractivity contribution in [3.63, 3.8) is 0 Å². The molecule has 1 fully saturated rings. The molecule has 0 atom stereocenters. The fourth-order valence-electron chi connectivity index (χ4n) is 2.34. The molecule has 6 nitrogen and oxygen atoms in total. The van der Waals surface area contributed by atoms with E-state index in [1.54, 1.807) is 12.4 Å². The first-order valence-corrected chi connectivity index (χ1v) is 8.05. The van der Waals surface area contributed by atoms with Crippen LogP contribution < -0.4 is 0 Å². The Hall–Kier alpha value is -1.48. The van der Waals surface area contributed by atoms with Crippen molar-refractivity contribution < 1.29 is 4.52 Å². The highest BCUT2D eigenvalue weighted by Crippen LogP contribution is 2.19. The zero-order valence-corrected chi connectivity index (χ0v) is 13.7. The van der Waals surface area contributed by atoms with Crippen molar-refractivity contribution in [2.75, 3.05) is 26.2 Å². The molecule has 2 aromatic rings. The summed E-state index contributed by atoms with van der Waals surface area (Å²) in [5, 5.41) is 10.5. The van der Waals surface area contributed by atoms with E-state index in [-0.39, 0.29) is 0 Å². The van der Waals surface area contributed by atoms with Gasteiger partial charge in [-0.3, -0.25) is 14.9 Å². The fourth-order valence-corrected chi connectivity index (χ4v) is 2.69. The maximum absolute atomic E-state index is 5.44. The molecule has 0 spiro atoms. The number of hydrazone groups is 1. The Labute approximate surface area is 137 Å². The Morgan fingerprint density at radius 1 is 1.24 bits per heavy atom. The summed E-state index contributed by atoms with van der Waals surface area (Å²) in [5.74, 6) is 0.896. The number of aromatic nitrogens is 2. The lowest BCUT2D eigenvalue weighted by atomic mass is 10.2. The summed E-state index contributed by atoms with van der Waals surface area (Å²) in [4.78, 5) is 6.37. The Morgan fingerprint density at radius 3 is 2.71 bits per heavy atom. The molecule has 0 bridgehead atoms. The molecule has 1 aliphatic rings. The molecule has 7 heteroatoms. The maximum Gasteiger partial charge on any atom is 0.151 e. The Bertz CT molecular complexity index is 592. The molecule has 1 saturated heterocycles. The maximum atomic E-state index is 5.44. The quantitative estimate of drug-likeness (QED) is 0.585. The summed E-state index contributed by atoms with van der Waals surface area (Å²) in [6.45, 7) is 4.66. The van der Waals surface area contributed by atoms with Crippen LogP contribution >= 0.6 is 22.6 Å². The van der Waals surface area contributed by atoms with Gasteiger partial charge in [0.15, 0.2) is 5.76 Å². The lowest BCUT2D eigenvalue weighted by Crippen LogP contribution is -2.43. The van der Waals surface area contributed by atoms with Crippen LogP contribution in [0.1, 0.15) is 5.76 Å². The van der Waals surface area contributed by atoms with E-state index >= 15 is 0 Å². The van der Waals surface area contributed by atoms with Crippen molar-refractivity contribution >= 4 is 26.8 Å². The van der Waals surface area contributed by atoms with Gasteiger partial charge in [0, 0.05) is 50.2 Å². The number of hydrogen-bond acceptors (Lipinski definition) is 6. The summed E-state index contributed by atoms with van der Waals surface area (Å²) in [6, 6.07) is 5.87. The minimum absolute atomic E-state index is 0.792. The summed E-state index contributed by atoms with van der Waals surface area (Å²) in [7, 11) is 0. The monoisotopic (exact) mass is 397 g/mol. The second kappa shape index (κ2) is 6.99. The van der Waals surface area contributed by atoms with Crippen LogP contribution in [-0.4, -0.2) is 50.4 Å². The van der Waals surface area contributed by atoms with Gasteiger partial charge in [0.05, 0.1) is 10.8 Å². The van der Waals surface area contributed by atoms with Crippen molar-refractivity contribution in [3.8, 4) is 11.3 Å². The smallest absolute Gasteiger partial charge is 0.151 e. The van der Waals surface area contributed by atoms with Gasteiger partial charge in [-0.15, -0.1) is 0 Å². The predicted molar refractivity (Wildman–Crippen MR) is 89.1 cm³/mol. The molecule has 0 aliphatic carbocycles. The van der Waals surface area contributed by atoms with Crippen LogP contribution in [0.15, 0.2) is 40.2 Å². The largest absolute Gasteiger partial charge is 0.359 e. The third-order valence-corrected chi connectivity index (χ3v) is 3.72. The molecule has 0 aromatic carbocycles. The van der Waals surface area contributed by atoms with Crippen LogP contribution in [0, 0.1) is 0 Å². The lowest BCUT2D eigenvalue weighted by Gasteiger charge is -2.32. The van der Waals surface area contributed by atoms with Gasteiger partial charge in [0.2, 0.25) is 0 Å². The second-order valence-corrected chi connectivity index (χ2v) is 5.41. The minimum Gasteiger partial charge on any atom is -0.359 e. The number of halogens is 1. The Morgan fingerprint density at radius 2 is 2.00 bits per heavy atom. The van der Waals surface area contributed by atoms with Crippen LogP contribution in [0.4, 0.5) is 0 Å². The van der Waals surface area contributed by atoms with Crippen LogP contribution in [-0.2, 0) is 6.54 Å². The molecule has 1 aliphatic heterocycles. The van der Waals surface area contributed by atoms with Crippen LogP contribution in [0.25, 0.3) is 11.3 Å². The van der Waals surface area contributed by atoms with E-state index in [0.29, 0.717) is 0 Å². The molecule has 0 N–H and O–H groups in total. The summed E-state index contributed by atoms with van der Waals surface area (Å²) in [5.41, 5.74) is 1.89. The molecule has 0 unspecified atom stereocenters. The first kappa shape index (κ1) is 14.5. The normalized spacial score (nSPS) is 16.7. The number of pyridine rings is 1. The van der Waals surface area contributed by atoms with Gasteiger partial charge in [0.1, 0.15) is 5.69 Å². The lowest BCUT2D eigenvalue weighted by molar-refractivity contribution is 0.122. The van der Waals surface area contributed by atoms with E-state index in [4.69, 9.17) is 4.52 Å². The molecule has 3 heterocycles. The topological polar surface area (TPSA) is 57.8 Å². The van der Waals surface area contributed by atoms with Gasteiger partial charge in [-0.05, 0) is 34.7 Å². The number of piperazine rings is 1. The zero-order chi connectivity index (χ0) is 14.5. The third kappa shape index (κ3) is 3.79. The van der Waals surface area contributed by atoms with E-state index in [1.165, 1.54) is 0 Å². The van der Waals surface area contributed by atoms with Crippen molar-refractivity contribution in [2.45, 2.75) is 6.54 Å². The number of rotatable bonds is 4. The number of hydrogen-bond donors (Lipinski definition) is 0. The molecular formula is C14H16IN5O. The van der Waals surface area contributed by atoms with Crippen molar-refractivity contribution in [2.24, 2.45) is 5.10 Å². The van der Waals surface area contributed by atoms with Crippen LogP contribution in [0.5, 0.6) is 0 Å². The minimum atomic E-state index is 0.792. The number of nitrogens with zero attached hydrogens (tertiary/aromatic N) is 5. The molecule has 0 saturated carbocycles. The highest BCUT2D eigenvalue weighted by molar-refractivity contribution is 14.1. The predicted octanol–water partition coefficient (Wildman–Crippen LogP) is 2.23. The molecule has 0 amide bonds. The highest BCUT2D eigenvalue weighted by Gasteiger charge is 2.17. The van der Waals surface area contributed by atoms with E-state index < -0.39 is 0 Å². The third-order valence-electron chi connectivity index (χ3n) is 3.47. The van der Waals surface area contributed by atoms with Gasteiger partial charge < -0.3 is 4.52 Å². The van der Waals surface area contributed by atoms with Crippen LogP contribution in [0.3, 0.4) is 0 Å². The molecule has 0 radical (unpaired) electrons.